The molecule has 0 aromatic carbocycles. The van der Waals surface area contributed by atoms with Gasteiger partial charge in [-0.1, -0.05) is 27.7 Å². The summed E-state index contributed by atoms with van der Waals surface area (Å²) in [6.45, 7) is 8.91. The van der Waals surface area contributed by atoms with Crippen LogP contribution in [0.5, 0.6) is 0 Å². The molecule has 0 spiro atoms. The topological polar surface area (TPSA) is 27.7 Å². The predicted molar refractivity (Wildman–Crippen MR) is 50.0 cm³/mol. The van der Waals surface area contributed by atoms with Crippen LogP contribution in [0.25, 0.3) is 0 Å². The largest absolute Gasteiger partial charge is 0.326 e. The first-order valence-corrected chi connectivity index (χ1v) is 5.03. The maximum atomic E-state index is 5.61. The molecule has 0 amide bonds. The van der Waals surface area contributed by atoms with Crippen molar-refractivity contribution in [1.29, 1.82) is 0 Å². The third kappa shape index (κ3) is 2.93. The quantitative estimate of drug-likeness (QED) is 0.680. The maximum Gasteiger partial charge on any atom is 0.166 e. The van der Waals surface area contributed by atoms with Crippen LogP contribution in [-0.4, -0.2) is 19.4 Å². The van der Waals surface area contributed by atoms with Gasteiger partial charge in [0.1, 0.15) is 0 Å². The van der Waals surface area contributed by atoms with E-state index in [1.807, 2.05) is 6.92 Å². The standard InChI is InChI=1S/C10H20O3/c1-5-9-11-6-12-10(13-9)8(4)7(2)3/h7-10H,5-6H2,1-4H3. The highest BCUT2D eigenvalue weighted by Gasteiger charge is 2.28. The van der Waals surface area contributed by atoms with E-state index in [0.29, 0.717) is 18.6 Å². The van der Waals surface area contributed by atoms with E-state index >= 15 is 0 Å². The lowest BCUT2D eigenvalue weighted by atomic mass is 9.97. The van der Waals surface area contributed by atoms with Crippen molar-refractivity contribution in [2.75, 3.05) is 6.79 Å². The molecule has 1 fully saturated rings. The molecule has 3 heteroatoms. The Morgan fingerprint density at radius 1 is 1.23 bits per heavy atom. The van der Waals surface area contributed by atoms with Crippen molar-refractivity contribution < 1.29 is 14.2 Å². The highest BCUT2D eigenvalue weighted by Crippen LogP contribution is 2.23. The Bertz CT molecular complexity index is 147. The molecule has 3 unspecified atom stereocenters. The number of ether oxygens (including phenoxy) is 3. The Labute approximate surface area is 80.4 Å². The van der Waals surface area contributed by atoms with Gasteiger partial charge in [0.2, 0.25) is 0 Å². The second-order valence-electron chi connectivity index (χ2n) is 3.90. The van der Waals surface area contributed by atoms with Crippen LogP contribution in [0.3, 0.4) is 0 Å². The van der Waals surface area contributed by atoms with Crippen LogP contribution in [0.15, 0.2) is 0 Å². The molecule has 1 heterocycles. The van der Waals surface area contributed by atoms with E-state index in [0.717, 1.165) is 6.42 Å². The minimum Gasteiger partial charge on any atom is -0.326 e. The smallest absolute Gasteiger partial charge is 0.166 e. The summed E-state index contributed by atoms with van der Waals surface area (Å²) in [5.74, 6) is 0.985. The van der Waals surface area contributed by atoms with Gasteiger partial charge in [0.15, 0.2) is 19.4 Å². The van der Waals surface area contributed by atoms with Gasteiger partial charge in [-0.15, -0.1) is 0 Å². The SMILES string of the molecule is CCC1OCOC(C(C)C(C)C)O1. The van der Waals surface area contributed by atoms with Crippen LogP contribution in [0, 0.1) is 11.8 Å². The van der Waals surface area contributed by atoms with E-state index < -0.39 is 0 Å². The molecular weight excluding hydrogens is 168 g/mol. The van der Waals surface area contributed by atoms with E-state index in [1.54, 1.807) is 0 Å². The summed E-state index contributed by atoms with van der Waals surface area (Å²) in [4.78, 5) is 0. The summed E-state index contributed by atoms with van der Waals surface area (Å²) < 4.78 is 16.2. The summed E-state index contributed by atoms with van der Waals surface area (Å²) in [5, 5.41) is 0. The molecule has 0 aromatic heterocycles. The summed E-state index contributed by atoms with van der Waals surface area (Å²) in [6.07, 6.45) is 0.698. The number of hydrogen-bond acceptors (Lipinski definition) is 3. The second-order valence-corrected chi connectivity index (χ2v) is 3.90. The molecule has 0 saturated carbocycles. The molecular formula is C10H20O3. The van der Waals surface area contributed by atoms with Gasteiger partial charge >= 0.3 is 0 Å². The maximum absolute atomic E-state index is 5.61. The molecule has 1 saturated heterocycles. The third-order valence-corrected chi connectivity index (χ3v) is 2.59. The van der Waals surface area contributed by atoms with E-state index in [2.05, 4.69) is 20.8 Å². The molecule has 3 atom stereocenters. The van der Waals surface area contributed by atoms with Crippen molar-refractivity contribution in [2.24, 2.45) is 11.8 Å². The van der Waals surface area contributed by atoms with Crippen LogP contribution in [0.1, 0.15) is 34.1 Å². The minimum absolute atomic E-state index is 0.0834. The fourth-order valence-corrected chi connectivity index (χ4v) is 1.21. The molecule has 0 radical (unpaired) electrons. The zero-order valence-corrected chi connectivity index (χ0v) is 8.95. The fourth-order valence-electron chi connectivity index (χ4n) is 1.21. The molecule has 1 aliphatic heterocycles. The first kappa shape index (κ1) is 11.0. The van der Waals surface area contributed by atoms with Crippen molar-refractivity contribution >= 4 is 0 Å². The summed E-state index contributed by atoms with van der Waals surface area (Å²) in [7, 11) is 0. The van der Waals surface area contributed by atoms with E-state index in [1.165, 1.54) is 0 Å². The number of rotatable bonds is 3. The molecule has 0 aliphatic carbocycles. The molecule has 0 aromatic rings. The monoisotopic (exact) mass is 188 g/mol. The Balaban J connectivity index is 2.41. The van der Waals surface area contributed by atoms with Gasteiger partial charge in [-0.2, -0.15) is 0 Å². The van der Waals surface area contributed by atoms with Crippen molar-refractivity contribution in [3.63, 3.8) is 0 Å². The lowest BCUT2D eigenvalue weighted by Crippen LogP contribution is -2.39. The van der Waals surface area contributed by atoms with Gasteiger partial charge in [-0.05, 0) is 12.3 Å². The highest BCUT2D eigenvalue weighted by molar-refractivity contribution is 4.63. The second kappa shape index (κ2) is 4.94. The van der Waals surface area contributed by atoms with Crippen molar-refractivity contribution in [2.45, 2.75) is 46.7 Å². The normalized spacial score (nSPS) is 32.1. The van der Waals surface area contributed by atoms with Crippen molar-refractivity contribution in [1.82, 2.24) is 0 Å². The molecule has 13 heavy (non-hydrogen) atoms. The Hall–Kier alpha value is -0.120. The minimum atomic E-state index is -0.0984. The first-order chi connectivity index (χ1) is 6.15. The van der Waals surface area contributed by atoms with Crippen LogP contribution >= 0.6 is 0 Å². The lowest BCUT2D eigenvalue weighted by Gasteiger charge is -2.34. The predicted octanol–water partition coefficient (Wildman–Crippen LogP) is 2.36. The average Bonchev–Trinajstić information content (AvgIpc) is 2.16. The summed E-state index contributed by atoms with van der Waals surface area (Å²) in [6, 6.07) is 0. The Kier molecular flexibility index (Phi) is 4.16. The molecule has 1 rings (SSSR count). The van der Waals surface area contributed by atoms with E-state index in [9.17, 15) is 0 Å². The summed E-state index contributed by atoms with van der Waals surface area (Å²) in [5.41, 5.74) is 0. The van der Waals surface area contributed by atoms with Crippen molar-refractivity contribution in [3.05, 3.63) is 0 Å². The lowest BCUT2D eigenvalue weighted by molar-refractivity contribution is -0.357. The highest BCUT2D eigenvalue weighted by atomic mass is 16.9. The van der Waals surface area contributed by atoms with Crippen LogP contribution in [0.2, 0.25) is 0 Å². The summed E-state index contributed by atoms with van der Waals surface area (Å²) >= 11 is 0. The average molecular weight is 188 g/mol. The Morgan fingerprint density at radius 3 is 2.46 bits per heavy atom. The zero-order chi connectivity index (χ0) is 9.84. The van der Waals surface area contributed by atoms with E-state index in [-0.39, 0.29) is 12.6 Å². The van der Waals surface area contributed by atoms with Gasteiger partial charge in [0, 0.05) is 5.92 Å². The van der Waals surface area contributed by atoms with Gasteiger partial charge in [-0.3, -0.25) is 0 Å². The fraction of sp³-hybridized carbons (Fsp3) is 1.00. The molecule has 0 bridgehead atoms. The van der Waals surface area contributed by atoms with Gasteiger partial charge in [-0.25, -0.2) is 0 Å². The van der Waals surface area contributed by atoms with Crippen LogP contribution in [0.4, 0.5) is 0 Å². The molecule has 1 aliphatic rings. The molecule has 0 N–H and O–H groups in total. The van der Waals surface area contributed by atoms with Gasteiger partial charge in [0.25, 0.3) is 0 Å². The van der Waals surface area contributed by atoms with Crippen LogP contribution < -0.4 is 0 Å². The van der Waals surface area contributed by atoms with Gasteiger partial charge in [0.05, 0.1) is 0 Å². The van der Waals surface area contributed by atoms with Crippen molar-refractivity contribution in [3.8, 4) is 0 Å². The zero-order valence-electron chi connectivity index (χ0n) is 8.95. The van der Waals surface area contributed by atoms with E-state index in [4.69, 9.17) is 14.2 Å². The first-order valence-electron chi connectivity index (χ1n) is 5.03. The van der Waals surface area contributed by atoms with Crippen LogP contribution in [-0.2, 0) is 14.2 Å². The molecule has 78 valence electrons. The number of hydrogen-bond donors (Lipinski definition) is 0. The third-order valence-electron chi connectivity index (χ3n) is 2.59. The molecule has 3 nitrogen and oxygen atoms in total. The Morgan fingerprint density at radius 2 is 1.92 bits per heavy atom. The van der Waals surface area contributed by atoms with Gasteiger partial charge < -0.3 is 14.2 Å².